The van der Waals surface area contributed by atoms with Gasteiger partial charge in [-0.25, -0.2) is 0 Å². The van der Waals surface area contributed by atoms with Crippen LogP contribution in [0.4, 0.5) is 0 Å². The van der Waals surface area contributed by atoms with Gasteiger partial charge in [-0.05, 0) is 38.2 Å². The smallest absolute Gasteiger partial charge is 0.243 e. The van der Waals surface area contributed by atoms with Gasteiger partial charge in [0.15, 0.2) is 0 Å². The molecule has 3 heteroatoms. The van der Waals surface area contributed by atoms with Gasteiger partial charge in [0.1, 0.15) is 0 Å². The summed E-state index contributed by atoms with van der Waals surface area (Å²) >= 11 is 0. The summed E-state index contributed by atoms with van der Waals surface area (Å²) in [6.07, 6.45) is 29.5. The second kappa shape index (κ2) is 19.4. The Kier molecular flexibility index (Phi) is 18.2. The second-order valence-corrected chi connectivity index (χ2v) is 7.54. The first kappa shape index (κ1) is 27.1. The van der Waals surface area contributed by atoms with Crippen LogP contribution in [0.15, 0.2) is 60.8 Å². The molecule has 29 heavy (non-hydrogen) atoms. The van der Waals surface area contributed by atoms with E-state index in [0.29, 0.717) is 6.54 Å². The first-order chi connectivity index (χ1) is 14.1. The molecule has 0 radical (unpaired) electrons. The molecule has 0 aromatic rings. The maximum atomic E-state index is 12.0. The van der Waals surface area contributed by atoms with Crippen LogP contribution in [0.1, 0.15) is 85.0 Å². The summed E-state index contributed by atoms with van der Waals surface area (Å²) in [7, 11) is 0. The van der Waals surface area contributed by atoms with E-state index in [-0.39, 0.29) is 5.91 Å². The molecule has 0 aliphatic rings. The topological polar surface area (TPSA) is 49.3 Å². The van der Waals surface area contributed by atoms with Crippen LogP contribution >= 0.6 is 0 Å². The maximum Gasteiger partial charge on any atom is 0.243 e. The highest BCUT2D eigenvalue weighted by molar-refractivity contribution is 5.87. The number of rotatable bonds is 17. The molecule has 164 valence electrons. The Morgan fingerprint density at radius 3 is 1.83 bits per heavy atom. The van der Waals surface area contributed by atoms with Crippen LogP contribution < -0.4 is 5.32 Å². The van der Waals surface area contributed by atoms with E-state index in [1.54, 1.807) is 6.08 Å². The quantitative estimate of drug-likeness (QED) is 0.164. The molecule has 3 nitrogen and oxygen atoms in total. The van der Waals surface area contributed by atoms with Crippen LogP contribution in [0.3, 0.4) is 0 Å². The van der Waals surface area contributed by atoms with Crippen LogP contribution in [-0.4, -0.2) is 23.2 Å². The highest BCUT2D eigenvalue weighted by Gasteiger charge is 2.25. The zero-order valence-corrected chi connectivity index (χ0v) is 18.9. The molecule has 0 aliphatic carbocycles. The number of aliphatic hydroxyl groups is 1. The SMILES string of the molecule is CCCC=CC=CC=CC=CCCC=CC(=O)NCC(O)(CCCC)CCCC. The van der Waals surface area contributed by atoms with Crippen molar-refractivity contribution in [1.82, 2.24) is 5.32 Å². The van der Waals surface area contributed by atoms with Gasteiger partial charge in [0, 0.05) is 6.54 Å². The normalized spacial score (nSPS) is 13.1. The Morgan fingerprint density at radius 1 is 0.759 bits per heavy atom. The number of carbonyl (C=O) groups excluding carboxylic acids is 1. The van der Waals surface area contributed by atoms with Crippen molar-refractivity contribution in [2.24, 2.45) is 0 Å². The number of carbonyl (C=O) groups is 1. The summed E-state index contributed by atoms with van der Waals surface area (Å²) in [5.41, 5.74) is -0.773. The molecular weight excluding hydrogens is 358 g/mol. The van der Waals surface area contributed by atoms with Gasteiger partial charge in [-0.1, -0.05) is 108 Å². The molecule has 0 aromatic heterocycles. The predicted molar refractivity (Wildman–Crippen MR) is 127 cm³/mol. The van der Waals surface area contributed by atoms with Crippen LogP contribution in [0.25, 0.3) is 0 Å². The van der Waals surface area contributed by atoms with E-state index in [1.807, 2.05) is 36.5 Å². The third-order valence-electron chi connectivity index (χ3n) is 4.64. The summed E-state index contributed by atoms with van der Waals surface area (Å²) in [5, 5.41) is 13.6. The van der Waals surface area contributed by atoms with E-state index in [2.05, 4.69) is 44.3 Å². The van der Waals surface area contributed by atoms with Gasteiger partial charge in [0.05, 0.1) is 5.60 Å². The fourth-order valence-corrected chi connectivity index (χ4v) is 2.78. The van der Waals surface area contributed by atoms with Crippen LogP contribution in [0.5, 0.6) is 0 Å². The lowest BCUT2D eigenvalue weighted by Crippen LogP contribution is -2.42. The van der Waals surface area contributed by atoms with Crippen LogP contribution in [0, 0.1) is 0 Å². The zero-order chi connectivity index (χ0) is 21.6. The number of nitrogens with one attached hydrogen (secondary N) is 1. The third-order valence-corrected chi connectivity index (χ3v) is 4.64. The second-order valence-electron chi connectivity index (χ2n) is 7.54. The van der Waals surface area contributed by atoms with Crippen molar-refractivity contribution in [3.63, 3.8) is 0 Å². The molecular formula is C26H43NO2. The van der Waals surface area contributed by atoms with Crippen molar-refractivity contribution < 1.29 is 9.90 Å². The van der Waals surface area contributed by atoms with Gasteiger partial charge in [-0.2, -0.15) is 0 Å². The molecule has 2 N–H and O–H groups in total. The molecule has 0 atom stereocenters. The first-order valence-electron chi connectivity index (χ1n) is 11.4. The van der Waals surface area contributed by atoms with Gasteiger partial charge in [-0.15, -0.1) is 0 Å². The molecule has 0 rings (SSSR count). The summed E-state index contributed by atoms with van der Waals surface area (Å²) in [6.45, 7) is 6.74. The lowest BCUT2D eigenvalue weighted by atomic mass is 9.91. The molecule has 0 unspecified atom stereocenters. The van der Waals surface area contributed by atoms with Crippen LogP contribution in [0.2, 0.25) is 0 Å². The van der Waals surface area contributed by atoms with Crippen LogP contribution in [-0.2, 0) is 4.79 Å². The standard InChI is InChI=1S/C26H43NO2/c1-4-7-10-11-12-13-14-15-16-17-18-19-20-21-25(28)27-24-26(29,22-8-5-2)23-9-6-3/h10-17,20-21,29H,4-9,18-19,22-24H2,1-3H3,(H,27,28). The first-order valence-corrected chi connectivity index (χ1v) is 11.4. The molecule has 0 fully saturated rings. The summed E-state index contributed by atoms with van der Waals surface area (Å²) in [4.78, 5) is 12.0. The third kappa shape index (κ3) is 17.9. The number of unbranched alkanes of at least 4 members (excludes halogenated alkanes) is 4. The van der Waals surface area contributed by atoms with Crippen molar-refractivity contribution in [3.8, 4) is 0 Å². The van der Waals surface area contributed by atoms with Gasteiger partial charge >= 0.3 is 0 Å². The number of allylic oxidation sites excluding steroid dienone is 9. The molecule has 0 aliphatic heterocycles. The lowest BCUT2D eigenvalue weighted by molar-refractivity contribution is -0.118. The Bertz CT molecular complexity index is 533. The van der Waals surface area contributed by atoms with Crippen molar-refractivity contribution in [3.05, 3.63) is 60.8 Å². The number of hydrogen-bond acceptors (Lipinski definition) is 2. The largest absolute Gasteiger partial charge is 0.388 e. The number of hydrogen-bond donors (Lipinski definition) is 2. The molecule has 0 heterocycles. The maximum absolute atomic E-state index is 12.0. The van der Waals surface area contributed by atoms with Crippen molar-refractivity contribution in [2.75, 3.05) is 6.54 Å². The van der Waals surface area contributed by atoms with E-state index >= 15 is 0 Å². The van der Waals surface area contributed by atoms with Gasteiger partial charge in [0.2, 0.25) is 5.91 Å². The molecule has 0 saturated heterocycles. The average molecular weight is 402 g/mol. The Balaban J connectivity index is 4.06. The van der Waals surface area contributed by atoms with Gasteiger partial charge < -0.3 is 10.4 Å². The highest BCUT2D eigenvalue weighted by Crippen LogP contribution is 2.20. The van der Waals surface area contributed by atoms with E-state index in [1.165, 1.54) is 6.42 Å². The van der Waals surface area contributed by atoms with Gasteiger partial charge in [0.25, 0.3) is 0 Å². The van der Waals surface area contributed by atoms with E-state index in [4.69, 9.17) is 0 Å². The Morgan fingerprint density at radius 2 is 1.28 bits per heavy atom. The Hall–Kier alpha value is -1.87. The summed E-state index contributed by atoms with van der Waals surface area (Å²) in [6, 6.07) is 0. The average Bonchev–Trinajstić information content (AvgIpc) is 2.73. The van der Waals surface area contributed by atoms with E-state index in [0.717, 1.165) is 57.8 Å². The van der Waals surface area contributed by atoms with Gasteiger partial charge in [-0.3, -0.25) is 4.79 Å². The highest BCUT2D eigenvalue weighted by atomic mass is 16.3. The van der Waals surface area contributed by atoms with Crippen molar-refractivity contribution >= 4 is 5.91 Å². The zero-order valence-electron chi connectivity index (χ0n) is 18.9. The fourth-order valence-electron chi connectivity index (χ4n) is 2.78. The summed E-state index contributed by atoms with van der Waals surface area (Å²) in [5.74, 6) is -0.124. The van der Waals surface area contributed by atoms with Crippen molar-refractivity contribution in [1.29, 1.82) is 0 Å². The monoisotopic (exact) mass is 401 g/mol. The molecule has 0 saturated carbocycles. The fraction of sp³-hybridized carbons (Fsp3) is 0.577. The lowest BCUT2D eigenvalue weighted by Gasteiger charge is -2.28. The van der Waals surface area contributed by atoms with Crippen molar-refractivity contribution in [2.45, 2.75) is 90.6 Å². The minimum Gasteiger partial charge on any atom is -0.388 e. The predicted octanol–water partition coefficient (Wildman–Crippen LogP) is 6.58. The van der Waals surface area contributed by atoms with E-state index in [9.17, 15) is 9.90 Å². The minimum absolute atomic E-state index is 0.124. The number of amides is 1. The molecule has 1 amide bonds. The molecule has 0 aromatic carbocycles. The summed E-state index contributed by atoms with van der Waals surface area (Å²) < 4.78 is 0. The molecule has 0 bridgehead atoms. The molecule has 0 spiro atoms. The van der Waals surface area contributed by atoms with E-state index < -0.39 is 5.60 Å². The Labute approximate surface area is 179 Å². The minimum atomic E-state index is -0.773.